The van der Waals surface area contributed by atoms with Crippen molar-refractivity contribution in [3.63, 3.8) is 0 Å². The quantitative estimate of drug-likeness (QED) is 0.546. The minimum Gasteiger partial charge on any atom is -0.335 e. The number of nitrogens with zero attached hydrogens (tertiary/aromatic N) is 3. The standard InChI is InChI=1S/C23H23F3N4O2S/c1-14-11-20-21(28-13-14)19(12-27)22(30(20)17-5-3-4-6-17)16-7-9-18(10-8-16)33(31,32)29-15(2)23(24,25)26/h7-11,13,15,17,29H,3-6H2,1-2H3/t15-/m0/s1. The zero-order valence-electron chi connectivity index (χ0n) is 18.1. The van der Waals surface area contributed by atoms with Crippen LogP contribution in [0.3, 0.4) is 0 Å². The summed E-state index contributed by atoms with van der Waals surface area (Å²) in [4.78, 5) is 4.21. The van der Waals surface area contributed by atoms with Gasteiger partial charge in [0, 0.05) is 12.2 Å². The van der Waals surface area contributed by atoms with E-state index in [9.17, 15) is 26.9 Å². The van der Waals surface area contributed by atoms with E-state index in [-0.39, 0.29) is 10.9 Å². The number of nitrogens with one attached hydrogen (secondary N) is 1. The van der Waals surface area contributed by atoms with Crippen molar-refractivity contribution in [1.82, 2.24) is 14.3 Å². The fourth-order valence-electron chi connectivity index (χ4n) is 4.37. The zero-order chi connectivity index (χ0) is 24.0. The first-order valence-electron chi connectivity index (χ1n) is 10.6. The molecule has 0 spiro atoms. The Balaban J connectivity index is 1.81. The van der Waals surface area contributed by atoms with E-state index in [1.165, 1.54) is 24.3 Å². The number of fused-ring (bicyclic) bond motifs is 1. The molecule has 174 valence electrons. The van der Waals surface area contributed by atoms with Gasteiger partial charge in [0.15, 0.2) is 0 Å². The van der Waals surface area contributed by atoms with Crippen LogP contribution in [0, 0.1) is 18.3 Å². The van der Waals surface area contributed by atoms with E-state index in [0.717, 1.165) is 43.7 Å². The Labute approximate surface area is 190 Å². The summed E-state index contributed by atoms with van der Waals surface area (Å²) in [5.41, 5.74) is 4.06. The average Bonchev–Trinajstić information content (AvgIpc) is 3.38. The lowest BCUT2D eigenvalue weighted by molar-refractivity contribution is -0.147. The van der Waals surface area contributed by atoms with E-state index in [1.54, 1.807) is 10.9 Å². The molecule has 0 amide bonds. The van der Waals surface area contributed by atoms with Gasteiger partial charge in [-0.1, -0.05) is 25.0 Å². The number of sulfonamides is 1. The molecule has 10 heteroatoms. The van der Waals surface area contributed by atoms with Crippen LogP contribution < -0.4 is 4.72 Å². The summed E-state index contributed by atoms with van der Waals surface area (Å²) >= 11 is 0. The van der Waals surface area contributed by atoms with Crippen LogP contribution in [0.5, 0.6) is 0 Å². The van der Waals surface area contributed by atoms with Crippen molar-refractivity contribution in [2.45, 2.75) is 62.7 Å². The number of halogens is 3. The summed E-state index contributed by atoms with van der Waals surface area (Å²) in [6.07, 6.45) is 1.08. The Bertz CT molecular complexity index is 1330. The average molecular weight is 477 g/mol. The van der Waals surface area contributed by atoms with Crippen LogP contribution in [-0.4, -0.2) is 30.2 Å². The van der Waals surface area contributed by atoms with E-state index in [4.69, 9.17) is 0 Å². The van der Waals surface area contributed by atoms with Gasteiger partial charge in [0.25, 0.3) is 0 Å². The van der Waals surface area contributed by atoms with Crippen LogP contribution in [0.4, 0.5) is 13.2 Å². The second-order valence-electron chi connectivity index (χ2n) is 8.43. The van der Waals surface area contributed by atoms with Crippen molar-refractivity contribution in [1.29, 1.82) is 5.26 Å². The summed E-state index contributed by atoms with van der Waals surface area (Å²) in [6, 6.07) is 7.79. The normalized spacial score (nSPS) is 16.2. The number of pyridine rings is 1. The molecular formula is C23H23F3N4O2S. The molecule has 1 aliphatic rings. The number of nitriles is 1. The molecule has 3 aromatic rings. The summed E-state index contributed by atoms with van der Waals surface area (Å²) < 4.78 is 67.1. The first-order chi connectivity index (χ1) is 15.5. The number of hydrogen-bond acceptors (Lipinski definition) is 4. The third-order valence-corrected chi connectivity index (χ3v) is 7.60. The predicted octanol–water partition coefficient (Wildman–Crippen LogP) is 5.23. The van der Waals surface area contributed by atoms with Gasteiger partial charge in [0.1, 0.15) is 23.2 Å². The summed E-state index contributed by atoms with van der Waals surface area (Å²) in [5, 5.41) is 9.95. The Morgan fingerprint density at radius 2 is 1.85 bits per heavy atom. The van der Waals surface area contributed by atoms with E-state index in [2.05, 4.69) is 15.6 Å². The van der Waals surface area contributed by atoms with Crippen molar-refractivity contribution in [2.75, 3.05) is 0 Å². The molecule has 0 saturated heterocycles. The van der Waals surface area contributed by atoms with Gasteiger partial charge in [-0.05, 0) is 56.0 Å². The fraction of sp³-hybridized carbons (Fsp3) is 0.391. The van der Waals surface area contributed by atoms with E-state index >= 15 is 0 Å². The summed E-state index contributed by atoms with van der Waals surface area (Å²) in [6.45, 7) is 2.68. The van der Waals surface area contributed by atoms with Crippen molar-refractivity contribution >= 4 is 21.1 Å². The fourth-order valence-corrected chi connectivity index (χ4v) is 5.60. The highest BCUT2D eigenvalue weighted by Crippen LogP contribution is 2.41. The second kappa shape index (κ2) is 8.47. The molecule has 2 aromatic heterocycles. The molecule has 1 N–H and O–H groups in total. The molecule has 0 radical (unpaired) electrons. The molecule has 1 atom stereocenters. The van der Waals surface area contributed by atoms with Crippen LogP contribution in [0.25, 0.3) is 22.3 Å². The lowest BCUT2D eigenvalue weighted by Gasteiger charge is -2.19. The smallest absolute Gasteiger partial charge is 0.335 e. The highest BCUT2D eigenvalue weighted by molar-refractivity contribution is 7.89. The van der Waals surface area contributed by atoms with Crippen LogP contribution >= 0.6 is 0 Å². The van der Waals surface area contributed by atoms with Gasteiger partial charge in [-0.3, -0.25) is 4.98 Å². The Hall–Kier alpha value is -2.90. The van der Waals surface area contributed by atoms with Gasteiger partial charge in [-0.2, -0.15) is 23.2 Å². The van der Waals surface area contributed by atoms with Crippen LogP contribution in [0.15, 0.2) is 41.4 Å². The molecule has 1 fully saturated rings. The third kappa shape index (κ3) is 4.35. The molecule has 0 unspecified atom stereocenters. The molecule has 33 heavy (non-hydrogen) atoms. The maximum Gasteiger partial charge on any atom is 0.404 e. The monoisotopic (exact) mass is 476 g/mol. The van der Waals surface area contributed by atoms with Crippen LogP contribution in [0.1, 0.15) is 49.8 Å². The molecule has 2 heterocycles. The lowest BCUT2D eigenvalue weighted by Crippen LogP contribution is -2.42. The first kappa shape index (κ1) is 23.3. The number of aromatic nitrogens is 2. The third-order valence-electron chi connectivity index (χ3n) is 6.04. The number of alkyl halides is 3. The maximum atomic E-state index is 12.8. The predicted molar refractivity (Wildman–Crippen MR) is 118 cm³/mol. The molecule has 1 saturated carbocycles. The number of hydrogen-bond donors (Lipinski definition) is 1. The number of benzene rings is 1. The molecule has 6 nitrogen and oxygen atoms in total. The van der Waals surface area contributed by atoms with Gasteiger partial charge in [-0.15, -0.1) is 0 Å². The Kier molecular flexibility index (Phi) is 5.97. The topological polar surface area (TPSA) is 87.8 Å². The minimum absolute atomic E-state index is 0.186. The van der Waals surface area contributed by atoms with Crippen molar-refractivity contribution in [3.05, 3.63) is 47.7 Å². The van der Waals surface area contributed by atoms with E-state index in [0.29, 0.717) is 22.3 Å². The van der Waals surface area contributed by atoms with Crippen LogP contribution in [0.2, 0.25) is 0 Å². The molecular weight excluding hydrogens is 453 g/mol. The molecule has 4 rings (SSSR count). The summed E-state index contributed by atoms with van der Waals surface area (Å²) in [7, 11) is -4.37. The number of aryl methyl sites for hydroxylation is 1. The van der Waals surface area contributed by atoms with Crippen molar-refractivity contribution < 1.29 is 21.6 Å². The number of rotatable bonds is 5. The molecule has 1 aliphatic carbocycles. The largest absolute Gasteiger partial charge is 0.404 e. The molecule has 1 aromatic carbocycles. The minimum atomic E-state index is -4.69. The van der Waals surface area contributed by atoms with Crippen LogP contribution in [-0.2, 0) is 10.0 Å². The Morgan fingerprint density at radius 3 is 2.42 bits per heavy atom. The van der Waals surface area contributed by atoms with Gasteiger partial charge in [0.2, 0.25) is 10.0 Å². The second-order valence-corrected chi connectivity index (χ2v) is 10.1. The zero-order valence-corrected chi connectivity index (χ0v) is 19.0. The highest BCUT2D eigenvalue weighted by atomic mass is 32.2. The molecule has 0 bridgehead atoms. The van der Waals surface area contributed by atoms with Crippen molar-refractivity contribution in [2.24, 2.45) is 0 Å². The Morgan fingerprint density at radius 1 is 1.21 bits per heavy atom. The van der Waals surface area contributed by atoms with Gasteiger partial charge < -0.3 is 4.57 Å². The SMILES string of the molecule is Cc1cnc2c(C#N)c(-c3ccc(S(=O)(=O)N[C@@H](C)C(F)(F)F)cc3)n(C3CCCC3)c2c1. The van der Waals surface area contributed by atoms with E-state index < -0.39 is 22.2 Å². The lowest BCUT2D eigenvalue weighted by atomic mass is 10.1. The van der Waals surface area contributed by atoms with Gasteiger partial charge >= 0.3 is 6.18 Å². The van der Waals surface area contributed by atoms with Gasteiger partial charge in [0.05, 0.1) is 16.1 Å². The highest BCUT2D eigenvalue weighted by Gasteiger charge is 2.39. The first-order valence-corrected chi connectivity index (χ1v) is 12.1. The molecule has 0 aliphatic heterocycles. The van der Waals surface area contributed by atoms with Crippen molar-refractivity contribution in [3.8, 4) is 17.3 Å². The van der Waals surface area contributed by atoms with E-state index in [1.807, 2.05) is 13.0 Å². The maximum absolute atomic E-state index is 12.8. The van der Waals surface area contributed by atoms with Gasteiger partial charge in [-0.25, -0.2) is 8.42 Å². The summed E-state index contributed by atoms with van der Waals surface area (Å²) in [5.74, 6) is 0.